The summed E-state index contributed by atoms with van der Waals surface area (Å²) in [6.45, 7) is 4.97. The molecule has 0 aromatic heterocycles. The van der Waals surface area contributed by atoms with E-state index in [2.05, 4.69) is 5.32 Å². The van der Waals surface area contributed by atoms with E-state index in [4.69, 9.17) is 10.2 Å². The number of aliphatic carboxylic acids is 2. The molecule has 8 heteroatoms. The lowest BCUT2D eigenvalue weighted by Gasteiger charge is -2.41. The van der Waals surface area contributed by atoms with Gasteiger partial charge in [-0.15, -0.1) is 0 Å². The van der Waals surface area contributed by atoms with Gasteiger partial charge in [-0.25, -0.2) is 0 Å². The topological polar surface area (TPSA) is 110 Å². The van der Waals surface area contributed by atoms with Gasteiger partial charge in [0.05, 0.1) is 5.54 Å². The van der Waals surface area contributed by atoms with Crippen molar-refractivity contribution in [3.8, 4) is 0 Å². The lowest BCUT2D eigenvalue weighted by Crippen LogP contribution is -2.61. The van der Waals surface area contributed by atoms with Gasteiger partial charge in [0.25, 0.3) is 0 Å². The third-order valence-corrected chi connectivity index (χ3v) is 3.37. The minimum absolute atomic E-state index is 0.482. The number of nitrogens with zero attached hydrogens (tertiary/aromatic N) is 2. The Balaban J connectivity index is 2.84. The number of carbonyl (C=O) groups excluding carboxylic acids is 1. The number of hydrogen-bond acceptors (Lipinski definition) is 5. The Morgan fingerprint density at radius 3 is 1.95 bits per heavy atom. The third kappa shape index (κ3) is 4.17. The monoisotopic (exact) mass is 287 g/mol. The van der Waals surface area contributed by atoms with Crippen LogP contribution in [0.3, 0.4) is 0 Å². The van der Waals surface area contributed by atoms with Crippen molar-refractivity contribution in [3.63, 3.8) is 0 Å². The second-order valence-corrected chi connectivity index (χ2v) is 5.24. The molecular formula is C12H21N3O5. The van der Waals surface area contributed by atoms with Gasteiger partial charge in [-0.1, -0.05) is 0 Å². The molecule has 0 saturated carbocycles. The maximum Gasteiger partial charge on any atom is 0.323 e. The standard InChI is InChI=1S/C12H21N3O5/c1-12(2,15-5-3-13-4-6-15)11(20)14(7-9(16)17)8-10(18)19/h13H,3-8H2,1-2H3,(H,16,17)(H,18,19). The van der Waals surface area contributed by atoms with Crippen LogP contribution >= 0.6 is 0 Å². The quantitative estimate of drug-likeness (QED) is 0.555. The molecule has 1 aliphatic heterocycles. The summed E-state index contributed by atoms with van der Waals surface area (Å²) in [4.78, 5) is 36.9. The first kappa shape index (κ1) is 16.4. The molecule has 0 unspecified atom stereocenters. The Morgan fingerprint density at radius 1 is 1.10 bits per heavy atom. The van der Waals surface area contributed by atoms with Crippen molar-refractivity contribution >= 4 is 17.8 Å². The van der Waals surface area contributed by atoms with E-state index >= 15 is 0 Å². The number of rotatable bonds is 6. The van der Waals surface area contributed by atoms with E-state index in [9.17, 15) is 14.4 Å². The van der Waals surface area contributed by atoms with Crippen LogP contribution in [-0.2, 0) is 14.4 Å². The van der Waals surface area contributed by atoms with Crippen LogP contribution in [0.25, 0.3) is 0 Å². The van der Waals surface area contributed by atoms with Gasteiger partial charge in [0.1, 0.15) is 13.1 Å². The zero-order valence-corrected chi connectivity index (χ0v) is 11.8. The van der Waals surface area contributed by atoms with Crippen LogP contribution in [-0.4, -0.2) is 82.7 Å². The van der Waals surface area contributed by atoms with Gasteiger partial charge in [-0.3, -0.25) is 19.3 Å². The van der Waals surface area contributed by atoms with Crippen molar-refractivity contribution in [1.82, 2.24) is 15.1 Å². The van der Waals surface area contributed by atoms with Crippen LogP contribution in [0, 0.1) is 0 Å². The van der Waals surface area contributed by atoms with Crippen LogP contribution in [0.5, 0.6) is 0 Å². The van der Waals surface area contributed by atoms with E-state index in [-0.39, 0.29) is 0 Å². The van der Waals surface area contributed by atoms with Crippen molar-refractivity contribution in [2.24, 2.45) is 0 Å². The van der Waals surface area contributed by atoms with Gasteiger partial charge < -0.3 is 20.4 Å². The first-order valence-electron chi connectivity index (χ1n) is 6.44. The number of piperazine rings is 1. The summed E-state index contributed by atoms with van der Waals surface area (Å²) in [6.07, 6.45) is 0. The highest BCUT2D eigenvalue weighted by Gasteiger charge is 2.39. The molecule has 114 valence electrons. The fourth-order valence-corrected chi connectivity index (χ4v) is 2.27. The number of nitrogens with one attached hydrogen (secondary N) is 1. The van der Waals surface area contributed by atoms with Crippen LogP contribution in [0.4, 0.5) is 0 Å². The van der Waals surface area contributed by atoms with E-state index in [0.717, 1.165) is 18.0 Å². The lowest BCUT2D eigenvalue weighted by atomic mass is 9.99. The predicted molar refractivity (Wildman–Crippen MR) is 70.4 cm³/mol. The number of carbonyl (C=O) groups is 3. The number of amides is 1. The molecule has 1 amide bonds. The van der Waals surface area contributed by atoms with Crippen LogP contribution < -0.4 is 5.32 Å². The van der Waals surface area contributed by atoms with Gasteiger partial charge in [0, 0.05) is 26.2 Å². The summed E-state index contributed by atoms with van der Waals surface area (Å²) in [5.74, 6) is -2.93. The number of hydrogen-bond donors (Lipinski definition) is 3. The fourth-order valence-electron chi connectivity index (χ4n) is 2.27. The molecule has 1 fully saturated rings. The van der Waals surface area contributed by atoms with Gasteiger partial charge >= 0.3 is 11.9 Å². The molecule has 3 N–H and O–H groups in total. The van der Waals surface area contributed by atoms with E-state index in [1.807, 2.05) is 4.90 Å². The molecule has 0 aliphatic carbocycles. The van der Waals surface area contributed by atoms with Gasteiger partial charge in [-0.05, 0) is 13.8 Å². The Bertz CT molecular complexity index is 375. The van der Waals surface area contributed by atoms with Gasteiger partial charge in [0.2, 0.25) is 5.91 Å². The summed E-state index contributed by atoms with van der Waals surface area (Å²) < 4.78 is 0. The highest BCUT2D eigenvalue weighted by Crippen LogP contribution is 2.18. The molecular weight excluding hydrogens is 266 g/mol. The summed E-state index contributed by atoms with van der Waals surface area (Å²) in [7, 11) is 0. The van der Waals surface area contributed by atoms with Crippen LogP contribution in [0.15, 0.2) is 0 Å². The molecule has 1 rings (SSSR count). The Hall–Kier alpha value is -1.67. The predicted octanol–water partition coefficient (Wildman–Crippen LogP) is -1.33. The summed E-state index contributed by atoms with van der Waals surface area (Å²) in [6, 6.07) is 0. The zero-order chi connectivity index (χ0) is 15.3. The average Bonchev–Trinajstić information content (AvgIpc) is 2.37. The minimum atomic E-state index is -1.23. The van der Waals surface area contributed by atoms with E-state index in [0.29, 0.717) is 13.1 Å². The number of carboxylic acids is 2. The van der Waals surface area contributed by atoms with Crippen molar-refractivity contribution in [2.75, 3.05) is 39.3 Å². The van der Waals surface area contributed by atoms with Crippen LogP contribution in [0.1, 0.15) is 13.8 Å². The Labute approximate surface area is 117 Å². The summed E-state index contributed by atoms with van der Waals surface area (Å²) >= 11 is 0. The van der Waals surface area contributed by atoms with Crippen LogP contribution in [0.2, 0.25) is 0 Å². The molecule has 8 nitrogen and oxygen atoms in total. The average molecular weight is 287 g/mol. The second-order valence-electron chi connectivity index (χ2n) is 5.24. The van der Waals surface area contributed by atoms with Gasteiger partial charge in [0.15, 0.2) is 0 Å². The SMILES string of the molecule is CC(C)(C(=O)N(CC(=O)O)CC(=O)O)N1CCNCC1. The molecule has 0 aromatic rings. The highest BCUT2D eigenvalue weighted by molar-refractivity contribution is 5.90. The Morgan fingerprint density at radius 2 is 1.55 bits per heavy atom. The molecule has 0 atom stereocenters. The fraction of sp³-hybridized carbons (Fsp3) is 0.750. The molecule has 0 aromatic carbocycles. The van der Waals surface area contributed by atoms with Crippen molar-refractivity contribution in [1.29, 1.82) is 0 Å². The van der Waals surface area contributed by atoms with Gasteiger partial charge in [-0.2, -0.15) is 0 Å². The normalized spacial score (nSPS) is 16.7. The first-order chi connectivity index (χ1) is 9.25. The van der Waals surface area contributed by atoms with E-state index in [1.54, 1.807) is 13.8 Å². The lowest BCUT2D eigenvalue weighted by molar-refractivity contribution is -0.154. The third-order valence-electron chi connectivity index (χ3n) is 3.37. The van der Waals surface area contributed by atoms with Crippen molar-refractivity contribution < 1.29 is 24.6 Å². The maximum atomic E-state index is 12.5. The van der Waals surface area contributed by atoms with E-state index < -0.39 is 36.5 Å². The van der Waals surface area contributed by atoms with Crippen molar-refractivity contribution in [3.05, 3.63) is 0 Å². The smallest absolute Gasteiger partial charge is 0.323 e. The van der Waals surface area contributed by atoms with Crippen molar-refractivity contribution in [2.45, 2.75) is 19.4 Å². The highest BCUT2D eigenvalue weighted by atomic mass is 16.4. The second kappa shape index (κ2) is 6.67. The minimum Gasteiger partial charge on any atom is -0.480 e. The molecule has 20 heavy (non-hydrogen) atoms. The molecule has 1 heterocycles. The van der Waals surface area contributed by atoms with E-state index in [1.165, 1.54) is 0 Å². The zero-order valence-electron chi connectivity index (χ0n) is 11.8. The maximum absolute atomic E-state index is 12.5. The summed E-state index contributed by atoms with van der Waals surface area (Å²) in [5, 5.41) is 20.8. The largest absolute Gasteiger partial charge is 0.480 e. The molecule has 1 saturated heterocycles. The summed E-state index contributed by atoms with van der Waals surface area (Å²) in [5.41, 5.74) is -0.924. The molecule has 1 aliphatic rings. The Kier molecular flexibility index (Phi) is 5.46. The molecule has 0 radical (unpaired) electrons. The molecule has 0 spiro atoms. The first-order valence-corrected chi connectivity index (χ1v) is 6.44. The molecule has 0 bridgehead atoms. The number of carboxylic acid groups (broad SMARTS) is 2.